The van der Waals surface area contributed by atoms with Gasteiger partial charge in [0.15, 0.2) is 5.82 Å². The first-order valence-corrected chi connectivity index (χ1v) is 17.2. The molecule has 0 unspecified atom stereocenters. The van der Waals surface area contributed by atoms with Crippen molar-refractivity contribution in [1.29, 1.82) is 0 Å². The van der Waals surface area contributed by atoms with Gasteiger partial charge in [0.25, 0.3) is 5.91 Å². The van der Waals surface area contributed by atoms with Crippen molar-refractivity contribution in [3.8, 4) is 11.1 Å². The summed E-state index contributed by atoms with van der Waals surface area (Å²) in [5, 5.41) is -0.549. The molecule has 3 aromatic heterocycles. The monoisotopic (exact) mass is 695 g/mol. The van der Waals surface area contributed by atoms with E-state index in [0.29, 0.717) is 29.9 Å². The summed E-state index contributed by atoms with van der Waals surface area (Å²) in [5.74, 6) is -3.42. The molecule has 0 bridgehead atoms. The molecule has 0 saturated heterocycles. The number of rotatable bonds is 8. The first kappa shape index (κ1) is 31.3. The molecule has 2 aliphatic carbocycles. The van der Waals surface area contributed by atoms with Crippen LogP contribution in [-0.2, 0) is 10.0 Å². The Morgan fingerprint density at radius 3 is 2.19 bits per heavy atom. The van der Waals surface area contributed by atoms with Crippen LogP contribution in [-0.4, -0.2) is 44.9 Å². The number of nitrogens with one attached hydrogen (secondary N) is 1. The van der Waals surface area contributed by atoms with E-state index < -0.39 is 49.8 Å². The van der Waals surface area contributed by atoms with Crippen LogP contribution in [0.4, 0.5) is 14.5 Å². The first-order chi connectivity index (χ1) is 22.5. The third-order valence-electron chi connectivity index (χ3n) is 8.54. The predicted octanol–water partition coefficient (Wildman–Crippen LogP) is 7.56. The lowest BCUT2D eigenvalue weighted by molar-refractivity contribution is 0.0964. The quantitative estimate of drug-likeness (QED) is 0.166. The Hall–Kier alpha value is -4.26. The summed E-state index contributed by atoms with van der Waals surface area (Å²) >= 11 is 12.6. The van der Waals surface area contributed by atoms with E-state index in [-0.39, 0.29) is 32.2 Å². The highest BCUT2D eigenvalue weighted by Crippen LogP contribution is 2.38. The number of carbonyl (C=O) groups is 2. The summed E-state index contributed by atoms with van der Waals surface area (Å²) in [6.45, 7) is 0. The molecule has 14 heteroatoms. The van der Waals surface area contributed by atoms with Crippen LogP contribution in [0.1, 0.15) is 76.5 Å². The molecule has 1 N–H and O–H groups in total. The fourth-order valence-corrected chi connectivity index (χ4v) is 8.02. The lowest BCUT2D eigenvalue weighted by Crippen LogP contribution is -2.26. The van der Waals surface area contributed by atoms with E-state index in [1.165, 1.54) is 18.3 Å². The fraction of sp³-hybridized carbons (Fsp3) is 0.242. The number of aromatic nitrogens is 4. The molecule has 0 amide bonds. The normalized spacial score (nSPS) is 15.3. The summed E-state index contributed by atoms with van der Waals surface area (Å²) in [4.78, 5) is 41.2. The second-order valence-electron chi connectivity index (χ2n) is 11.7. The van der Waals surface area contributed by atoms with E-state index in [9.17, 15) is 18.0 Å². The minimum Gasteiger partial charge on any atom is -0.288 e. The molecule has 9 nitrogen and oxygen atoms in total. The minimum absolute atomic E-state index is 0.00693. The van der Waals surface area contributed by atoms with E-state index in [4.69, 9.17) is 23.2 Å². The number of nitrogens with zero attached hydrogens (tertiary/aromatic N) is 4. The molecule has 2 fully saturated rings. The summed E-state index contributed by atoms with van der Waals surface area (Å²) < 4.78 is 60.4. The maximum absolute atomic E-state index is 15.9. The molecule has 240 valence electrons. The van der Waals surface area contributed by atoms with Crippen molar-refractivity contribution in [3.05, 3.63) is 105 Å². The Morgan fingerprint density at radius 1 is 0.872 bits per heavy atom. The second kappa shape index (κ2) is 12.1. The van der Waals surface area contributed by atoms with Crippen LogP contribution in [0, 0.1) is 11.6 Å². The van der Waals surface area contributed by atoms with Crippen molar-refractivity contribution in [2.75, 3.05) is 4.72 Å². The van der Waals surface area contributed by atoms with Gasteiger partial charge in [-0.15, -0.1) is 0 Å². The fourth-order valence-electron chi connectivity index (χ4n) is 5.87. The Balaban J connectivity index is 1.36. The van der Waals surface area contributed by atoms with Crippen LogP contribution < -0.4 is 4.72 Å². The van der Waals surface area contributed by atoms with Crippen molar-refractivity contribution >= 4 is 61.6 Å². The van der Waals surface area contributed by atoms with Crippen LogP contribution in [0.5, 0.6) is 0 Å². The molecular weight excluding hydrogens is 671 g/mol. The molecule has 7 rings (SSSR count). The van der Waals surface area contributed by atoms with Gasteiger partial charge in [-0.05, 0) is 56.0 Å². The molecule has 2 aliphatic rings. The number of hydrogen-bond donors (Lipinski definition) is 1. The number of anilines is 1. The smallest absolute Gasteiger partial charge is 0.266 e. The lowest BCUT2D eigenvalue weighted by atomic mass is 10.0. The van der Waals surface area contributed by atoms with Crippen LogP contribution in [0.2, 0.25) is 10.0 Å². The van der Waals surface area contributed by atoms with Gasteiger partial charge < -0.3 is 0 Å². The average molecular weight is 697 g/mol. The predicted molar refractivity (Wildman–Crippen MR) is 174 cm³/mol. The van der Waals surface area contributed by atoms with E-state index in [2.05, 4.69) is 19.7 Å². The number of benzene rings is 2. The topological polar surface area (TPSA) is 124 Å². The van der Waals surface area contributed by atoms with Gasteiger partial charge in [-0.25, -0.2) is 32.2 Å². The average Bonchev–Trinajstić information content (AvgIpc) is 3.59. The van der Waals surface area contributed by atoms with Crippen LogP contribution in [0.25, 0.3) is 22.2 Å². The number of carbonyl (C=O) groups excluding carboxylic acids is 2. The van der Waals surface area contributed by atoms with E-state index in [0.717, 1.165) is 54.4 Å². The van der Waals surface area contributed by atoms with Gasteiger partial charge in [-0.1, -0.05) is 42.1 Å². The maximum Gasteiger partial charge on any atom is 0.266 e. The van der Waals surface area contributed by atoms with Crippen LogP contribution in [0.15, 0.2) is 61.2 Å². The molecule has 5 aromatic rings. The van der Waals surface area contributed by atoms with Gasteiger partial charge >= 0.3 is 0 Å². The molecule has 0 aliphatic heterocycles. The minimum atomic E-state index is -4.00. The summed E-state index contributed by atoms with van der Waals surface area (Å²) in [5.41, 5.74) is -0.854. The number of ketones is 1. The van der Waals surface area contributed by atoms with Crippen molar-refractivity contribution in [3.63, 3.8) is 0 Å². The Labute approximate surface area is 278 Å². The first-order valence-electron chi connectivity index (χ1n) is 14.9. The molecule has 3 heterocycles. The van der Waals surface area contributed by atoms with Crippen LogP contribution >= 0.6 is 23.2 Å². The van der Waals surface area contributed by atoms with Crippen molar-refractivity contribution in [2.45, 2.75) is 49.7 Å². The zero-order valence-corrected chi connectivity index (χ0v) is 26.8. The third kappa shape index (κ3) is 5.79. The molecule has 0 radical (unpaired) electrons. The van der Waals surface area contributed by atoms with E-state index >= 15 is 8.78 Å². The lowest BCUT2D eigenvalue weighted by Gasteiger charge is -2.15. The van der Waals surface area contributed by atoms with Gasteiger partial charge in [0.1, 0.15) is 17.3 Å². The highest BCUT2D eigenvalue weighted by molar-refractivity contribution is 7.93. The Kier molecular flexibility index (Phi) is 8.05. The van der Waals surface area contributed by atoms with Crippen LogP contribution in [0.3, 0.4) is 0 Å². The van der Waals surface area contributed by atoms with Gasteiger partial charge in [-0.3, -0.25) is 18.9 Å². The molecule has 2 aromatic carbocycles. The van der Waals surface area contributed by atoms with Gasteiger partial charge in [0.2, 0.25) is 15.8 Å². The number of pyridine rings is 1. The Morgan fingerprint density at radius 2 is 1.53 bits per heavy atom. The summed E-state index contributed by atoms with van der Waals surface area (Å²) in [6, 6.07) is 7.80. The highest BCUT2D eigenvalue weighted by atomic mass is 35.5. The summed E-state index contributed by atoms with van der Waals surface area (Å²) in [7, 11) is -4.00. The van der Waals surface area contributed by atoms with E-state index in [1.807, 2.05) is 0 Å². The standard InChI is InChI=1S/C33H25Cl2F2N5O4S/c34-23-6-3-7-24(35)27(23)33(44)42-16-22(21-12-18(13-40-32(21)42)19-14-38-31(39-15-19)17-8-9-17)30(43)28-25(36)10-11-26(29(28)37)41-47(45,46)20-4-1-2-5-20/h3,6-7,10-17,20,41H,1-2,4-5,8-9H2. The summed E-state index contributed by atoms with van der Waals surface area (Å²) in [6.07, 6.45) is 10.1. The van der Waals surface area contributed by atoms with Crippen molar-refractivity contribution in [2.24, 2.45) is 0 Å². The SMILES string of the molecule is O=C(c1c(F)ccc(NS(=O)(=O)C2CCCC2)c1F)c1cn(C(=O)c2c(Cl)cccc2Cl)c2ncc(-c3cnc(C4CC4)nc3)cc12. The van der Waals surface area contributed by atoms with Gasteiger partial charge in [0, 0.05) is 47.2 Å². The maximum atomic E-state index is 15.9. The molecule has 47 heavy (non-hydrogen) atoms. The number of hydrogen-bond acceptors (Lipinski definition) is 7. The zero-order chi connectivity index (χ0) is 33.0. The van der Waals surface area contributed by atoms with Gasteiger partial charge in [-0.2, -0.15) is 0 Å². The van der Waals surface area contributed by atoms with Crippen molar-refractivity contribution in [1.82, 2.24) is 19.5 Å². The van der Waals surface area contributed by atoms with Gasteiger partial charge in [0.05, 0.1) is 37.7 Å². The molecule has 0 atom stereocenters. The second-order valence-corrected chi connectivity index (χ2v) is 14.5. The zero-order valence-electron chi connectivity index (χ0n) is 24.5. The Bertz CT molecular complexity index is 2180. The van der Waals surface area contributed by atoms with E-state index in [1.54, 1.807) is 24.5 Å². The number of sulfonamides is 1. The highest BCUT2D eigenvalue weighted by Gasteiger charge is 2.32. The van der Waals surface area contributed by atoms with Crippen molar-refractivity contribution < 1.29 is 26.8 Å². The molecular formula is C33H25Cl2F2N5O4S. The number of halogens is 4. The number of fused-ring (bicyclic) bond motifs is 1. The third-order valence-corrected chi connectivity index (χ3v) is 11.0. The molecule has 0 spiro atoms. The largest absolute Gasteiger partial charge is 0.288 e. The molecule has 2 saturated carbocycles.